The van der Waals surface area contributed by atoms with Crippen LogP contribution in [-0.4, -0.2) is 22.1 Å². The predicted octanol–water partition coefficient (Wildman–Crippen LogP) is 3.52. The van der Waals surface area contributed by atoms with Crippen LogP contribution in [0.15, 0.2) is 28.5 Å². The Kier molecular flexibility index (Phi) is 4.44. The Morgan fingerprint density at radius 2 is 2.13 bits per heavy atom. The molecule has 0 saturated carbocycles. The van der Waals surface area contributed by atoms with Gasteiger partial charge >= 0.3 is 0 Å². The van der Waals surface area contributed by atoms with Gasteiger partial charge < -0.3 is 10.5 Å². The summed E-state index contributed by atoms with van der Waals surface area (Å²) in [4.78, 5) is 1.13. The molecule has 1 aliphatic heterocycles. The summed E-state index contributed by atoms with van der Waals surface area (Å²) in [6.07, 6.45) is 2.68. The molecule has 0 bridgehead atoms. The molecule has 2 heterocycles. The van der Waals surface area contributed by atoms with Crippen molar-refractivity contribution in [2.75, 3.05) is 23.7 Å². The molecule has 8 heteroatoms. The molecule has 1 aliphatic rings. The molecule has 124 valence electrons. The zero-order valence-corrected chi connectivity index (χ0v) is 15.0. The minimum absolute atomic E-state index is 0.0425. The Morgan fingerprint density at radius 1 is 1.35 bits per heavy atom. The number of ether oxygens (including phenoxy) is 1. The van der Waals surface area contributed by atoms with E-state index >= 15 is 0 Å². The smallest absolute Gasteiger partial charge is 0.268 e. The monoisotopic (exact) mass is 372 g/mol. The van der Waals surface area contributed by atoms with Crippen molar-refractivity contribution in [3.8, 4) is 5.75 Å². The first kappa shape index (κ1) is 16.4. The second-order valence-electron chi connectivity index (χ2n) is 5.29. The first-order chi connectivity index (χ1) is 10.9. The highest BCUT2D eigenvalue weighted by Crippen LogP contribution is 2.38. The standard InChI is InChI=1S/C15H17ClN2O3S2/c1-21-13-8-10(16)11(17)9-15(13)23(19,20)18-6-3-2-4-14-12(18)5-7-22-14/h5,7-9H,2-4,6,17H2,1H3. The van der Waals surface area contributed by atoms with Crippen molar-refractivity contribution >= 4 is 44.3 Å². The van der Waals surface area contributed by atoms with E-state index in [0.29, 0.717) is 6.54 Å². The number of benzene rings is 1. The van der Waals surface area contributed by atoms with E-state index in [-0.39, 0.29) is 21.4 Å². The van der Waals surface area contributed by atoms with E-state index in [1.54, 1.807) is 11.3 Å². The van der Waals surface area contributed by atoms with E-state index in [2.05, 4.69) is 0 Å². The first-order valence-corrected chi connectivity index (χ1v) is 9.87. The number of hydrogen-bond donors (Lipinski definition) is 1. The van der Waals surface area contributed by atoms with E-state index in [0.717, 1.165) is 29.8 Å². The maximum absolute atomic E-state index is 13.2. The van der Waals surface area contributed by atoms with Gasteiger partial charge in [-0.3, -0.25) is 4.31 Å². The van der Waals surface area contributed by atoms with Crippen LogP contribution in [0, 0.1) is 0 Å². The third kappa shape index (κ3) is 2.88. The fourth-order valence-corrected chi connectivity index (χ4v) is 5.53. The molecule has 1 aromatic carbocycles. The highest BCUT2D eigenvalue weighted by molar-refractivity contribution is 7.93. The normalized spacial score (nSPS) is 15.1. The fraction of sp³-hybridized carbons (Fsp3) is 0.333. The van der Waals surface area contributed by atoms with Crippen LogP contribution in [0.2, 0.25) is 5.02 Å². The number of fused-ring (bicyclic) bond motifs is 1. The Balaban J connectivity index is 2.15. The summed E-state index contributed by atoms with van der Waals surface area (Å²) in [5, 5.41) is 2.19. The summed E-state index contributed by atoms with van der Waals surface area (Å²) < 4.78 is 33.1. The molecule has 0 unspecified atom stereocenters. The number of halogens is 1. The summed E-state index contributed by atoms with van der Waals surface area (Å²) in [6.45, 7) is 0.442. The van der Waals surface area contributed by atoms with Crippen LogP contribution in [0.3, 0.4) is 0 Å². The number of methoxy groups -OCH3 is 1. The third-order valence-corrected chi connectivity index (χ3v) is 6.99. The van der Waals surface area contributed by atoms with Gasteiger partial charge in [0.05, 0.1) is 23.5 Å². The quantitative estimate of drug-likeness (QED) is 0.836. The van der Waals surface area contributed by atoms with E-state index in [1.807, 2.05) is 11.4 Å². The Hall–Kier alpha value is -1.44. The van der Waals surface area contributed by atoms with Crippen LogP contribution in [0.25, 0.3) is 0 Å². The highest BCUT2D eigenvalue weighted by Gasteiger charge is 2.31. The maximum Gasteiger partial charge on any atom is 0.268 e. The van der Waals surface area contributed by atoms with Crippen LogP contribution >= 0.6 is 22.9 Å². The lowest BCUT2D eigenvalue weighted by molar-refractivity contribution is 0.403. The molecule has 2 N–H and O–H groups in total. The second kappa shape index (κ2) is 6.22. The summed E-state index contributed by atoms with van der Waals surface area (Å²) in [5.74, 6) is 0.199. The van der Waals surface area contributed by atoms with Crippen molar-refractivity contribution in [3.63, 3.8) is 0 Å². The molecule has 0 fully saturated rings. The number of rotatable bonds is 3. The van der Waals surface area contributed by atoms with Crippen LogP contribution in [0.5, 0.6) is 5.75 Å². The first-order valence-electron chi connectivity index (χ1n) is 7.17. The van der Waals surface area contributed by atoms with Gasteiger partial charge in [0.2, 0.25) is 0 Å². The number of aryl methyl sites for hydroxylation is 1. The molecule has 1 aromatic heterocycles. The van der Waals surface area contributed by atoms with Crippen LogP contribution in [0.4, 0.5) is 11.4 Å². The summed E-state index contributed by atoms with van der Waals surface area (Å²) >= 11 is 7.56. The van der Waals surface area contributed by atoms with Gasteiger partial charge in [0.25, 0.3) is 10.0 Å². The van der Waals surface area contributed by atoms with Crippen molar-refractivity contribution in [1.29, 1.82) is 0 Å². The van der Waals surface area contributed by atoms with E-state index in [4.69, 9.17) is 22.1 Å². The average Bonchev–Trinajstić information content (AvgIpc) is 2.88. The number of nitrogen functional groups attached to an aromatic ring is 1. The molecular formula is C15H17ClN2O3S2. The fourth-order valence-electron chi connectivity index (χ4n) is 2.68. The predicted molar refractivity (Wildman–Crippen MR) is 94.2 cm³/mol. The lowest BCUT2D eigenvalue weighted by Gasteiger charge is -2.24. The Labute approximate surface area is 144 Å². The van der Waals surface area contributed by atoms with Gasteiger partial charge in [-0.15, -0.1) is 11.3 Å². The van der Waals surface area contributed by atoms with Crippen molar-refractivity contribution in [1.82, 2.24) is 0 Å². The molecule has 0 radical (unpaired) electrons. The van der Waals surface area contributed by atoms with Crippen molar-refractivity contribution in [3.05, 3.63) is 33.5 Å². The number of sulfonamides is 1. The molecule has 0 atom stereocenters. The van der Waals surface area contributed by atoms with Crippen molar-refractivity contribution in [2.24, 2.45) is 0 Å². The number of nitrogens with zero attached hydrogens (tertiary/aromatic N) is 1. The minimum Gasteiger partial charge on any atom is -0.495 e. The SMILES string of the molecule is COc1cc(Cl)c(N)cc1S(=O)(=O)N1CCCCc2sccc21. The average molecular weight is 373 g/mol. The molecule has 5 nitrogen and oxygen atoms in total. The molecule has 0 amide bonds. The minimum atomic E-state index is -3.77. The number of nitrogens with two attached hydrogens (primary N) is 1. The number of hydrogen-bond acceptors (Lipinski definition) is 5. The lowest BCUT2D eigenvalue weighted by atomic mass is 10.2. The topological polar surface area (TPSA) is 72.6 Å². The number of anilines is 2. The summed E-state index contributed by atoms with van der Waals surface area (Å²) in [5.41, 5.74) is 6.77. The molecule has 3 rings (SSSR count). The highest BCUT2D eigenvalue weighted by atomic mass is 35.5. The summed E-state index contributed by atoms with van der Waals surface area (Å²) in [6, 6.07) is 4.66. The molecule has 23 heavy (non-hydrogen) atoms. The van der Waals surface area contributed by atoms with Crippen LogP contribution in [0.1, 0.15) is 17.7 Å². The third-order valence-electron chi connectivity index (χ3n) is 3.86. The van der Waals surface area contributed by atoms with Crippen molar-refractivity contribution < 1.29 is 13.2 Å². The largest absolute Gasteiger partial charge is 0.495 e. The molecular weight excluding hydrogens is 356 g/mol. The second-order valence-corrected chi connectivity index (χ2v) is 8.53. The molecule has 0 spiro atoms. The van der Waals surface area contributed by atoms with E-state index in [9.17, 15) is 8.42 Å². The van der Waals surface area contributed by atoms with E-state index in [1.165, 1.54) is 23.5 Å². The molecule has 0 aliphatic carbocycles. The number of thiophene rings is 1. The van der Waals surface area contributed by atoms with Crippen molar-refractivity contribution in [2.45, 2.75) is 24.2 Å². The Bertz CT molecular complexity index is 833. The van der Waals surface area contributed by atoms with Gasteiger partial charge in [-0.25, -0.2) is 8.42 Å². The molecule has 2 aromatic rings. The maximum atomic E-state index is 13.2. The van der Waals surface area contributed by atoms with Crippen LogP contribution in [-0.2, 0) is 16.4 Å². The zero-order chi connectivity index (χ0) is 16.6. The van der Waals surface area contributed by atoms with Crippen LogP contribution < -0.4 is 14.8 Å². The molecule has 0 saturated heterocycles. The van der Waals surface area contributed by atoms with Gasteiger partial charge in [-0.1, -0.05) is 11.6 Å². The van der Waals surface area contributed by atoms with Gasteiger partial charge in [0.15, 0.2) is 0 Å². The zero-order valence-electron chi connectivity index (χ0n) is 12.6. The Morgan fingerprint density at radius 3 is 2.87 bits per heavy atom. The van der Waals surface area contributed by atoms with E-state index < -0.39 is 10.0 Å². The lowest BCUT2D eigenvalue weighted by Crippen LogP contribution is -2.31. The van der Waals surface area contributed by atoms with Gasteiger partial charge in [-0.2, -0.15) is 0 Å². The summed E-state index contributed by atoms with van der Waals surface area (Å²) in [7, 11) is -2.36. The van der Waals surface area contributed by atoms with Gasteiger partial charge in [-0.05, 0) is 36.8 Å². The van der Waals surface area contributed by atoms with Gasteiger partial charge in [0, 0.05) is 17.5 Å². The van der Waals surface area contributed by atoms with Gasteiger partial charge in [0.1, 0.15) is 10.6 Å².